The molecule has 1 atom stereocenters. The number of aromatic amines is 1. The number of piperidine rings is 1. The lowest BCUT2D eigenvalue weighted by atomic mass is 9.96. The molecule has 10 heteroatoms. The molecule has 1 N–H and O–H groups in total. The number of rotatable bonds is 7. The van der Waals surface area contributed by atoms with E-state index in [0.29, 0.717) is 23.8 Å². The maximum Gasteiger partial charge on any atom is 0.327 e. The Hall–Kier alpha value is -4.05. The molecule has 0 saturated carbocycles. The van der Waals surface area contributed by atoms with Crippen LogP contribution in [0.25, 0.3) is 11.2 Å². The molecule has 0 bridgehead atoms. The zero-order chi connectivity index (χ0) is 27.8. The lowest BCUT2D eigenvalue weighted by Gasteiger charge is -2.33. The number of hydrogen-bond acceptors (Lipinski definition) is 7. The number of benzene rings is 1. The molecule has 1 aromatic carbocycles. The van der Waals surface area contributed by atoms with Crippen molar-refractivity contribution in [2.75, 3.05) is 49.1 Å². The Morgan fingerprint density at radius 1 is 0.976 bits per heavy atom. The van der Waals surface area contributed by atoms with E-state index in [4.69, 9.17) is 0 Å². The molecule has 10 nitrogen and oxygen atoms in total. The van der Waals surface area contributed by atoms with Gasteiger partial charge in [0.15, 0.2) is 5.65 Å². The number of aromatic nitrogens is 5. The summed E-state index contributed by atoms with van der Waals surface area (Å²) < 4.78 is 1.83. The van der Waals surface area contributed by atoms with Crippen molar-refractivity contribution in [3.05, 3.63) is 76.7 Å². The zero-order valence-corrected chi connectivity index (χ0v) is 23.3. The van der Waals surface area contributed by atoms with Crippen LogP contribution in [0.2, 0.25) is 0 Å². The molecule has 0 aliphatic carbocycles. The Bertz CT molecular complexity index is 1600. The first kappa shape index (κ1) is 25.9. The number of carbonyl (C=O) groups is 1. The van der Waals surface area contributed by atoms with E-state index >= 15 is 0 Å². The Kier molecular flexibility index (Phi) is 7.00. The van der Waals surface area contributed by atoms with E-state index in [1.807, 2.05) is 33.7 Å². The molecule has 3 aromatic heterocycles. The van der Waals surface area contributed by atoms with Crippen LogP contribution in [0.4, 0.5) is 11.5 Å². The summed E-state index contributed by atoms with van der Waals surface area (Å²) in [5.41, 5.74) is 4.03. The fourth-order valence-electron chi connectivity index (χ4n) is 6.95. The summed E-state index contributed by atoms with van der Waals surface area (Å²) >= 11 is 0. The third-order valence-corrected chi connectivity index (χ3v) is 9.06. The number of likely N-dealkylation sites (tertiary alicyclic amines) is 1. The number of hydrogen-bond donors (Lipinski definition) is 1. The number of anilines is 2. The van der Waals surface area contributed by atoms with Crippen LogP contribution in [0.3, 0.4) is 0 Å². The van der Waals surface area contributed by atoms with E-state index in [1.165, 1.54) is 37.8 Å². The molecule has 3 aliphatic heterocycles. The van der Waals surface area contributed by atoms with Gasteiger partial charge in [0.1, 0.15) is 17.8 Å². The summed E-state index contributed by atoms with van der Waals surface area (Å²) in [6.07, 6.45) is 9.65. The lowest BCUT2D eigenvalue weighted by Crippen LogP contribution is -2.37. The Morgan fingerprint density at radius 2 is 1.80 bits per heavy atom. The van der Waals surface area contributed by atoms with Crippen LogP contribution in [0.15, 0.2) is 59.8 Å². The predicted octanol–water partition coefficient (Wildman–Crippen LogP) is 3.98. The van der Waals surface area contributed by atoms with Crippen molar-refractivity contribution in [2.45, 2.75) is 50.5 Å². The zero-order valence-electron chi connectivity index (χ0n) is 23.3. The molecular formula is C31H36N8O2. The molecule has 2 saturated heterocycles. The van der Waals surface area contributed by atoms with Gasteiger partial charge in [-0.05, 0) is 81.9 Å². The number of amides is 1. The van der Waals surface area contributed by atoms with Gasteiger partial charge in [-0.25, -0.2) is 19.7 Å². The van der Waals surface area contributed by atoms with Gasteiger partial charge >= 0.3 is 5.69 Å². The number of H-pyrrole nitrogens is 1. The average Bonchev–Trinajstić information content (AvgIpc) is 3.74. The normalized spacial score (nSPS) is 19.8. The van der Waals surface area contributed by atoms with Crippen molar-refractivity contribution in [1.29, 1.82) is 0 Å². The number of para-hydroxylation sites is 1. The number of nitrogens with one attached hydrogen (secondary N) is 1. The van der Waals surface area contributed by atoms with Gasteiger partial charge in [0, 0.05) is 49.5 Å². The molecule has 1 unspecified atom stereocenters. The van der Waals surface area contributed by atoms with Gasteiger partial charge in [-0.3, -0.25) is 14.3 Å². The number of pyridine rings is 1. The number of imidazole rings is 1. The Balaban J connectivity index is 1.03. The second-order valence-electron chi connectivity index (χ2n) is 11.5. The van der Waals surface area contributed by atoms with Gasteiger partial charge < -0.3 is 14.7 Å². The molecule has 41 heavy (non-hydrogen) atoms. The van der Waals surface area contributed by atoms with E-state index in [0.717, 1.165) is 62.3 Å². The number of carbonyl (C=O) groups excluding carboxylic acids is 1. The molecule has 212 valence electrons. The highest BCUT2D eigenvalue weighted by molar-refractivity contribution is 6.06. The maximum absolute atomic E-state index is 13.8. The molecule has 1 amide bonds. The summed E-state index contributed by atoms with van der Waals surface area (Å²) in [6.45, 7) is 5.75. The van der Waals surface area contributed by atoms with Crippen LogP contribution in [0.1, 0.15) is 66.5 Å². The summed E-state index contributed by atoms with van der Waals surface area (Å²) in [6, 6.07) is 14.0. The second-order valence-corrected chi connectivity index (χ2v) is 11.5. The minimum atomic E-state index is -0.118. The van der Waals surface area contributed by atoms with Gasteiger partial charge in [0.25, 0.3) is 5.91 Å². The minimum Gasteiger partial charge on any atom is -0.356 e. The van der Waals surface area contributed by atoms with Gasteiger partial charge in [-0.2, -0.15) is 0 Å². The SMILES string of the molecule is O=C(c1cc(N2CCC(n3c(=O)[nH]c4ncccc43)CC2)ncn1)N1CC(CCCN2CCCC2)c2ccccc21. The van der Waals surface area contributed by atoms with E-state index in [1.54, 1.807) is 6.20 Å². The first-order chi connectivity index (χ1) is 20.2. The Morgan fingerprint density at radius 3 is 2.66 bits per heavy atom. The van der Waals surface area contributed by atoms with E-state index in [9.17, 15) is 9.59 Å². The van der Waals surface area contributed by atoms with Crippen LogP contribution in [-0.4, -0.2) is 74.6 Å². The first-order valence-corrected chi connectivity index (χ1v) is 14.9. The molecule has 4 aromatic rings. The molecule has 2 fully saturated rings. The molecule has 6 heterocycles. The molecule has 0 radical (unpaired) electrons. The van der Waals surface area contributed by atoms with Crippen LogP contribution < -0.4 is 15.5 Å². The monoisotopic (exact) mass is 552 g/mol. The maximum atomic E-state index is 13.8. The Labute approximate surface area is 239 Å². The number of nitrogens with zero attached hydrogens (tertiary/aromatic N) is 7. The van der Waals surface area contributed by atoms with E-state index in [2.05, 4.69) is 47.9 Å². The average molecular weight is 553 g/mol. The van der Waals surface area contributed by atoms with Crippen molar-refractivity contribution in [3.8, 4) is 0 Å². The summed E-state index contributed by atoms with van der Waals surface area (Å²) in [5.74, 6) is 1.03. The van der Waals surface area contributed by atoms with E-state index < -0.39 is 0 Å². The third-order valence-electron chi connectivity index (χ3n) is 9.06. The highest BCUT2D eigenvalue weighted by Crippen LogP contribution is 2.39. The largest absolute Gasteiger partial charge is 0.356 e. The quantitative estimate of drug-likeness (QED) is 0.370. The minimum absolute atomic E-state index is 0.0733. The predicted molar refractivity (Wildman–Crippen MR) is 159 cm³/mol. The standard InChI is InChI=1S/C31H36N8O2/c40-30(38-20-22(24-8-1-2-9-26(24)38)7-6-16-36-14-3-4-15-36)25-19-28(34-21-33-25)37-17-11-23(12-18-37)39-27-10-5-13-32-29(27)35-31(39)41/h1-2,5,8-10,13,19,21-23H,3-4,6-7,11-12,14-18,20H2,(H,32,35,41). The van der Waals surface area contributed by atoms with Crippen molar-refractivity contribution < 1.29 is 4.79 Å². The lowest BCUT2D eigenvalue weighted by molar-refractivity contribution is 0.0983. The summed E-state index contributed by atoms with van der Waals surface area (Å²) in [4.78, 5) is 49.2. The van der Waals surface area contributed by atoms with Gasteiger partial charge in [0.05, 0.1) is 5.52 Å². The van der Waals surface area contributed by atoms with E-state index in [-0.39, 0.29) is 17.6 Å². The van der Waals surface area contributed by atoms with Crippen molar-refractivity contribution in [1.82, 2.24) is 29.4 Å². The summed E-state index contributed by atoms with van der Waals surface area (Å²) in [7, 11) is 0. The number of fused-ring (bicyclic) bond motifs is 2. The topological polar surface area (TPSA) is 103 Å². The summed E-state index contributed by atoms with van der Waals surface area (Å²) in [5, 5.41) is 0. The molecule has 0 spiro atoms. The van der Waals surface area contributed by atoms with Crippen molar-refractivity contribution >= 4 is 28.6 Å². The third kappa shape index (κ3) is 5.01. The van der Waals surface area contributed by atoms with Crippen molar-refractivity contribution in [2.24, 2.45) is 0 Å². The van der Waals surface area contributed by atoms with Crippen molar-refractivity contribution in [3.63, 3.8) is 0 Å². The van der Waals surface area contributed by atoms with Crippen LogP contribution in [-0.2, 0) is 0 Å². The highest BCUT2D eigenvalue weighted by Gasteiger charge is 2.33. The van der Waals surface area contributed by atoms with Gasteiger partial charge in [0.2, 0.25) is 0 Å². The molecule has 7 rings (SSSR count). The first-order valence-electron chi connectivity index (χ1n) is 14.9. The fraction of sp³-hybridized carbons (Fsp3) is 0.452. The van der Waals surface area contributed by atoms with Gasteiger partial charge in [-0.15, -0.1) is 0 Å². The second kappa shape index (κ2) is 11.1. The smallest absolute Gasteiger partial charge is 0.327 e. The van der Waals surface area contributed by atoms with Gasteiger partial charge in [-0.1, -0.05) is 18.2 Å². The van der Waals surface area contributed by atoms with Crippen LogP contribution >= 0.6 is 0 Å². The highest BCUT2D eigenvalue weighted by atomic mass is 16.2. The fourth-order valence-corrected chi connectivity index (χ4v) is 6.95. The molecular weight excluding hydrogens is 516 g/mol. The van der Waals surface area contributed by atoms with Crippen LogP contribution in [0, 0.1) is 0 Å². The molecule has 3 aliphatic rings. The van der Waals surface area contributed by atoms with Crippen LogP contribution in [0.5, 0.6) is 0 Å².